The molecule has 21 heavy (non-hydrogen) atoms. The van der Waals surface area contributed by atoms with Crippen LogP contribution in [-0.4, -0.2) is 10.2 Å². The van der Waals surface area contributed by atoms with Crippen molar-refractivity contribution in [3.63, 3.8) is 0 Å². The minimum absolute atomic E-state index is 0.109. The summed E-state index contributed by atoms with van der Waals surface area (Å²) in [7, 11) is 0. The average molecular weight is 289 g/mol. The van der Waals surface area contributed by atoms with Crippen molar-refractivity contribution >= 4 is 5.69 Å². The molecule has 2 N–H and O–H groups in total. The van der Waals surface area contributed by atoms with Gasteiger partial charge in [0.05, 0.1) is 11.9 Å². The van der Waals surface area contributed by atoms with Gasteiger partial charge in [0.2, 0.25) is 0 Å². The van der Waals surface area contributed by atoms with Crippen LogP contribution in [0.3, 0.4) is 0 Å². The van der Waals surface area contributed by atoms with E-state index in [1.165, 1.54) is 0 Å². The maximum Gasteiger partial charge on any atom is 0.152 e. The number of aromatic nitrogens is 2. The number of aromatic amines is 1. The van der Waals surface area contributed by atoms with Crippen molar-refractivity contribution in [1.82, 2.24) is 10.2 Å². The first-order valence-corrected chi connectivity index (χ1v) is 6.41. The highest BCUT2D eigenvalue weighted by Crippen LogP contribution is 2.24. The number of furan rings is 1. The van der Waals surface area contributed by atoms with Crippen molar-refractivity contribution < 1.29 is 13.2 Å². The zero-order valence-corrected chi connectivity index (χ0v) is 11.3. The zero-order valence-electron chi connectivity index (χ0n) is 11.3. The number of hydrogen-bond acceptors (Lipinski definition) is 3. The van der Waals surface area contributed by atoms with Crippen LogP contribution >= 0.6 is 0 Å². The van der Waals surface area contributed by atoms with Crippen LogP contribution in [-0.2, 0) is 6.54 Å². The van der Waals surface area contributed by atoms with E-state index in [1.54, 1.807) is 6.20 Å². The Balaban J connectivity index is 1.80. The Labute approximate surface area is 119 Å². The smallest absolute Gasteiger partial charge is 0.152 e. The first-order valence-electron chi connectivity index (χ1n) is 6.41. The maximum absolute atomic E-state index is 13.6. The van der Waals surface area contributed by atoms with E-state index in [9.17, 15) is 8.78 Å². The molecule has 0 aliphatic rings. The molecule has 0 saturated heterocycles. The number of nitrogens with one attached hydrogen (secondary N) is 2. The van der Waals surface area contributed by atoms with Gasteiger partial charge in [0.1, 0.15) is 23.1 Å². The molecule has 2 heterocycles. The zero-order chi connectivity index (χ0) is 14.8. The number of hydrogen-bond donors (Lipinski definition) is 2. The van der Waals surface area contributed by atoms with Crippen molar-refractivity contribution in [3.8, 4) is 11.5 Å². The number of benzene rings is 1. The van der Waals surface area contributed by atoms with Gasteiger partial charge in [0, 0.05) is 12.1 Å². The Morgan fingerprint density at radius 2 is 2.10 bits per heavy atom. The minimum Gasteiger partial charge on any atom is -0.460 e. The average Bonchev–Trinajstić information content (AvgIpc) is 3.08. The number of halogens is 2. The predicted molar refractivity (Wildman–Crippen MR) is 74.7 cm³/mol. The summed E-state index contributed by atoms with van der Waals surface area (Å²) >= 11 is 0. The van der Waals surface area contributed by atoms with Gasteiger partial charge in [-0.3, -0.25) is 5.10 Å². The topological polar surface area (TPSA) is 53.9 Å². The quantitative estimate of drug-likeness (QED) is 0.766. The molecule has 0 amide bonds. The third-order valence-corrected chi connectivity index (χ3v) is 3.10. The fourth-order valence-corrected chi connectivity index (χ4v) is 2.05. The number of nitrogens with zero attached hydrogens (tertiary/aromatic N) is 1. The molecule has 2 aromatic heterocycles. The summed E-state index contributed by atoms with van der Waals surface area (Å²) in [6.45, 7) is 2.14. The SMILES string of the molecule is Cc1ccc(-c2[nH]ncc2CNc2cc(F)ccc2F)o1. The lowest BCUT2D eigenvalue weighted by atomic mass is 10.2. The summed E-state index contributed by atoms with van der Waals surface area (Å²) < 4.78 is 32.2. The largest absolute Gasteiger partial charge is 0.460 e. The van der Waals surface area contributed by atoms with Crippen LogP contribution < -0.4 is 5.32 Å². The van der Waals surface area contributed by atoms with E-state index in [4.69, 9.17) is 4.42 Å². The molecule has 0 fully saturated rings. The monoisotopic (exact) mass is 289 g/mol. The summed E-state index contributed by atoms with van der Waals surface area (Å²) in [5.41, 5.74) is 1.62. The Morgan fingerprint density at radius 1 is 1.24 bits per heavy atom. The molecule has 6 heteroatoms. The van der Waals surface area contributed by atoms with Gasteiger partial charge in [-0.15, -0.1) is 0 Å². The summed E-state index contributed by atoms with van der Waals surface area (Å²) in [5.74, 6) is 0.444. The lowest BCUT2D eigenvalue weighted by Gasteiger charge is -2.07. The van der Waals surface area contributed by atoms with Crippen molar-refractivity contribution in [2.75, 3.05) is 5.32 Å². The number of rotatable bonds is 4. The van der Waals surface area contributed by atoms with E-state index in [0.717, 1.165) is 29.5 Å². The fourth-order valence-electron chi connectivity index (χ4n) is 2.05. The molecule has 3 aromatic rings. The van der Waals surface area contributed by atoms with Crippen molar-refractivity contribution in [3.05, 3.63) is 59.5 Å². The maximum atomic E-state index is 13.6. The second-order valence-corrected chi connectivity index (χ2v) is 4.66. The van der Waals surface area contributed by atoms with Crippen LogP contribution in [0.25, 0.3) is 11.5 Å². The van der Waals surface area contributed by atoms with Gasteiger partial charge in [0.25, 0.3) is 0 Å². The van der Waals surface area contributed by atoms with Crippen LogP contribution in [0, 0.1) is 18.6 Å². The standard InChI is InChI=1S/C15H13F2N3O/c1-9-2-5-14(21-9)15-10(8-19-20-15)7-18-13-6-11(16)3-4-12(13)17/h2-6,8,18H,7H2,1H3,(H,19,20). The third kappa shape index (κ3) is 2.79. The normalized spacial score (nSPS) is 10.8. The molecule has 0 atom stereocenters. The van der Waals surface area contributed by atoms with E-state index >= 15 is 0 Å². The molecule has 0 bridgehead atoms. The molecule has 0 radical (unpaired) electrons. The second kappa shape index (κ2) is 5.40. The number of H-pyrrole nitrogens is 1. The highest BCUT2D eigenvalue weighted by Gasteiger charge is 2.12. The van der Waals surface area contributed by atoms with Crippen LogP contribution in [0.2, 0.25) is 0 Å². The molecule has 1 aromatic carbocycles. The van der Waals surface area contributed by atoms with Gasteiger partial charge in [-0.05, 0) is 37.3 Å². The van der Waals surface area contributed by atoms with Gasteiger partial charge < -0.3 is 9.73 Å². The Kier molecular flexibility index (Phi) is 3.43. The van der Waals surface area contributed by atoms with Gasteiger partial charge >= 0.3 is 0 Å². The number of aryl methyl sites for hydroxylation is 1. The van der Waals surface area contributed by atoms with Gasteiger partial charge in [-0.25, -0.2) is 8.78 Å². The molecule has 0 aliphatic carbocycles. The Morgan fingerprint density at radius 3 is 2.86 bits per heavy atom. The lowest BCUT2D eigenvalue weighted by Crippen LogP contribution is -2.02. The van der Waals surface area contributed by atoms with E-state index < -0.39 is 11.6 Å². The summed E-state index contributed by atoms with van der Waals surface area (Å²) in [4.78, 5) is 0. The van der Waals surface area contributed by atoms with Crippen molar-refractivity contribution in [1.29, 1.82) is 0 Å². The molecule has 0 aliphatic heterocycles. The number of anilines is 1. The fraction of sp³-hybridized carbons (Fsp3) is 0.133. The minimum atomic E-state index is -0.504. The van der Waals surface area contributed by atoms with Crippen molar-refractivity contribution in [2.45, 2.75) is 13.5 Å². The molecule has 0 spiro atoms. The van der Waals surface area contributed by atoms with E-state index in [1.807, 2.05) is 19.1 Å². The van der Waals surface area contributed by atoms with Crippen molar-refractivity contribution in [2.24, 2.45) is 0 Å². The Bertz CT molecular complexity index is 764. The highest BCUT2D eigenvalue weighted by atomic mass is 19.1. The van der Waals surface area contributed by atoms with Crippen LogP contribution in [0.5, 0.6) is 0 Å². The summed E-state index contributed by atoms with van der Waals surface area (Å²) in [5, 5.41) is 9.67. The van der Waals surface area contributed by atoms with E-state index in [2.05, 4.69) is 15.5 Å². The van der Waals surface area contributed by atoms with Crippen LogP contribution in [0.15, 0.2) is 40.9 Å². The summed E-state index contributed by atoms with van der Waals surface area (Å²) in [6, 6.07) is 6.96. The van der Waals surface area contributed by atoms with Gasteiger partial charge in [-0.1, -0.05) is 0 Å². The first kappa shape index (κ1) is 13.4. The van der Waals surface area contributed by atoms with Crippen LogP contribution in [0.1, 0.15) is 11.3 Å². The Hall–Kier alpha value is -2.63. The van der Waals surface area contributed by atoms with Gasteiger partial charge in [0.15, 0.2) is 5.76 Å². The van der Waals surface area contributed by atoms with E-state index in [0.29, 0.717) is 18.0 Å². The van der Waals surface area contributed by atoms with Gasteiger partial charge in [-0.2, -0.15) is 5.10 Å². The van der Waals surface area contributed by atoms with Crippen LogP contribution in [0.4, 0.5) is 14.5 Å². The molecule has 0 saturated carbocycles. The van der Waals surface area contributed by atoms with E-state index in [-0.39, 0.29) is 5.69 Å². The molecular weight excluding hydrogens is 276 g/mol. The first-order chi connectivity index (χ1) is 10.1. The molecule has 108 valence electrons. The predicted octanol–water partition coefficient (Wildman–Crippen LogP) is 3.87. The molecule has 0 unspecified atom stereocenters. The highest BCUT2D eigenvalue weighted by molar-refractivity contribution is 5.58. The summed E-state index contributed by atoms with van der Waals surface area (Å²) in [6.07, 6.45) is 1.62. The second-order valence-electron chi connectivity index (χ2n) is 4.66. The third-order valence-electron chi connectivity index (χ3n) is 3.10. The lowest BCUT2D eigenvalue weighted by molar-refractivity contribution is 0.545. The molecule has 4 nitrogen and oxygen atoms in total. The molecular formula is C15H13F2N3O. The molecule has 3 rings (SSSR count).